The first-order valence-corrected chi connectivity index (χ1v) is 5.95. The van der Waals surface area contributed by atoms with E-state index in [1.165, 1.54) is 4.90 Å². The lowest BCUT2D eigenvalue weighted by molar-refractivity contribution is 0.0327. The molecule has 1 aliphatic rings. The Morgan fingerprint density at radius 2 is 2.11 bits per heavy atom. The summed E-state index contributed by atoms with van der Waals surface area (Å²) in [4.78, 5) is 13.1. The van der Waals surface area contributed by atoms with Gasteiger partial charge in [0.1, 0.15) is 5.82 Å². The summed E-state index contributed by atoms with van der Waals surface area (Å²) in [6, 6.07) is 3.85. The third-order valence-corrected chi connectivity index (χ3v) is 3.07. The first kappa shape index (κ1) is 12.8. The third kappa shape index (κ3) is 2.76. The fourth-order valence-electron chi connectivity index (χ4n) is 1.84. The molecule has 1 amide bonds. The first-order valence-electron chi connectivity index (χ1n) is 5.95. The van der Waals surface area contributed by atoms with Crippen LogP contribution in [0.1, 0.15) is 23.3 Å². The standard InChI is InChI=1S/C12H18N4O2/c1-16(2)12(17)10-4-5-11(15-14-10)13-8-6-9(7-8)18-3/h4-5,8-9H,6-7H2,1-3H3,(H,13,15). The molecule has 0 spiro atoms. The van der Waals surface area contributed by atoms with Crippen molar-refractivity contribution in [1.29, 1.82) is 0 Å². The van der Waals surface area contributed by atoms with E-state index in [0.717, 1.165) is 12.8 Å². The van der Waals surface area contributed by atoms with Gasteiger partial charge < -0.3 is 15.0 Å². The van der Waals surface area contributed by atoms with Crippen molar-refractivity contribution in [3.8, 4) is 0 Å². The molecule has 1 aromatic rings. The largest absolute Gasteiger partial charge is 0.381 e. The van der Waals surface area contributed by atoms with Crippen LogP contribution in [-0.2, 0) is 4.74 Å². The lowest BCUT2D eigenvalue weighted by Gasteiger charge is -2.34. The molecule has 1 N–H and O–H groups in total. The van der Waals surface area contributed by atoms with Crippen molar-refractivity contribution in [2.75, 3.05) is 26.5 Å². The van der Waals surface area contributed by atoms with E-state index in [-0.39, 0.29) is 5.91 Å². The number of hydrogen-bond donors (Lipinski definition) is 1. The average molecular weight is 250 g/mol. The molecule has 1 heterocycles. The van der Waals surface area contributed by atoms with Gasteiger partial charge in [-0.15, -0.1) is 10.2 Å². The summed E-state index contributed by atoms with van der Waals surface area (Å²) in [5, 5.41) is 11.2. The lowest BCUT2D eigenvalue weighted by atomic mass is 9.89. The van der Waals surface area contributed by atoms with Crippen molar-refractivity contribution in [3.63, 3.8) is 0 Å². The molecule has 0 aromatic carbocycles. The number of rotatable bonds is 4. The van der Waals surface area contributed by atoms with Crippen LogP contribution in [0.4, 0.5) is 5.82 Å². The monoisotopic (exact) mass is 250 g/mol. The Kier molecular flexibility index (Phi) is 3.76. The Bertz CT molecular complexity index is 413. The van der Waals surface area contributed by atoms with Crippen LogP contribution in [0.3, 0.4) is 0 Å². The molecule has 0 saturated heterocycles. The number of anilines is 1. The molecule has 18 heavy (non-hydrogen) atoms. The Morgan fingerprint density at radius 3 is 2.61 bits per heavy atom. The fourth-order valence-corrected chi connectivity index (χ4v) is 1.84. The van der Waals surface area contributed by atoms with Crippen LogP contribution in [0, 0.1) is 0 Å². The molecule has 0 unspecified atom stereocenters. The van der Waals surface area contributed by atoms with E-state index < -0.39 is 0 Å². The molecule has 0 radical (unpaired) electrons. The number of aromatic nitrogens is 2. The van der Waals surface area contributed by atoms with Crippen molar-refractivity contribution in [3.05, 3.63) is 17.8 Å². The topological polar surface area (TPSA) is 67.3 Å². The second kappa shape index (κ2) is 5.30. The maximum Gasteiger partial charge on any atom is 0.273 e. The number of carbonyl (C=O) groups is 1. The molecular weight excluding hydrogens is 232 g/mol. The highest BCUT2D eigenvalue weighted by Gasteiger charge is 2.29. The smallest absolute Gasteiger partial charge is 0.273 e. The van der Waals surface area contributed by atoms with Gasteiger partial charge in [0.15, 0.2) is 5.69 Å². The molecule has 0 bridgehead atoms. The van der Waals surface area contributed by atoms with Crippen molar-refractivity contribution in [2.45, 2.75) is 25.0 Å². The number of nitrogens with one attached hydrogen (secondary N) is 1. The van der Waals surface area contributed by atoms with E-state index in [1.807, 2.05) is 0 Å². The SMILES string of the molecule is COC1CC(Nc2ccc(C(=O)N(C)C)nn2)C1. The molecule has 0 aliphatic heterocycles. The molecular formula is C12H18N4O2. The zero-order chi connectivity index (χ0) is 13.1. The van der Waals surface area contributed by atoms with Crippen LogP contribution >= 0.6 is 0 Å². The Labute approximate surface area is 106 Å². The minimum absolute atomic E-state index is 0.142. The predicted molar refractivity (Wildman–Crippen MR) is 67.5 cm³/mol. The van der Waals surface area contributed by atoms with Crippen molar-refractivity contribution in [1.82, 2.24) is 15.1 Å². The Morgan fingerprint density at radius 1 is 1.39 bits per heavy atom. The molecule has 1 aromatic heterocycles. The number of methoxy groups -OCH3 is 1. The van der Waals surface area contributed by atoms with Gasteiger partial charge in [-0.25, -0.2) is 0 Å². The van der Waals surface area contributed by atoms with E-state index >= 15 is 0 Å². The molecule has 98 valence electrons. The molecule has 2 rings (SSSR count). The minimum Gasteiger partial charge on any atom is -0.381 e. The van der Waals surface area contributed by atoms with Crippen molar-refractivity contribution < 1.29 is 9.53 Å². The number of amides is 1. The van der Waals surface area contributed by atoms with E-state index in [2.05, 4.69) is 15.5 Å². The van der Waals surface area contributed by atoms with Crippen LogP contribution < -0.4 is 5.32 Å². The van der Waals surface area contributed by atoms with E-state index in [4.69, 9.17) is 4.74 Å². The van der Waals surface area contributed by atoms with Gasteiger partial charge in [-0.1, -0.05) is 0 Å². The predicted octanol–water partition coefficient (Wildman–Crippen LogP) is 0.768. The highest BCUT2D eigenvalue weighted by Crippen LogP contribution is 2.25. The van der Waals surface area contributed by atoms with Gasteiger partial charge in [0.25, 0.3) is 5.91 Å². The van der Waals surface area contributed by atoms with E-state index in [0.29, 0.717) is 23.7 Å². The minimum atomic E-state index is -0.142. The summed E-state index contributed by atoms with van der Waals surface area (Å²) in [6.45, 7) is 0. The maximum absolute atomic E-state index is 11.6. The second-order valence-corrected chi connectivity index (χ2v) is 4.67. The fraction of sp³-hybridized carbons (Fsp3) is 0.583. The maximum atomic E-state index is 11.6. The number of nitrogens with zero attached hydrogens (tertiary/aromatic N) is 3. The highest BCUT2D eigenvalue weighted by atomic mass is 16.5. The molecule has 0 atom stereocenters. The zero-order valence-electron chi connectivity index (χ0n) is 10.9. The molecule has 6 nitrogen and oxygen atoms in total. The van der Waals surface area contributed by atoms with Crippen molar-refractivity contribution in [2.24, 2.45) is 0 Å². The van der Waals surface area contributed by atoms with E-state index in [9.17, 15) is 4.79 Å². The number of carbonyl (C=O) groups excluding carboxylic acids is 1. The van der Waals surface area contributed by atoms with Crippen LogP contribution in [0.5, 0.6) is 0 Å². The van der Waals surface area contributed by atoms with Crippen LogP contribution in [0.15, 0.2) is 12.1 Å². The molecule has 1 saturated carbocycles. The summed E-state index contributed by atoms with van der Waals surface area (Å²) in [6.07, 6.45) is 2.32. The number of ether oxygens (including phenoxy) is 1. The van der Waals surface area contributed by atoms with Gasteiger partial charge in [0.2, 0.25) is 0 Å². The van der Waals surface area contributed by atoms with Crippen LogP contribution in [-0.4, -0.2) is 54.4 Å². The highest BCUT2D eigenvalue weighted by molar-refractivity contribution is 5.91. The second-order valence-electron chi connectivity index (χ2n) is 4.67. The summed E-state index contributed by atoms with van der Waals surface area (Å²) in [7, 11) is 5.10. The number of hydrogen-bond acceptors (Lipinski definition) is 5. The van der Waals surface area contributed by atoms with E-state index in [1.54, 1.807) is 33.3 Å². The lowest BCUT2D eigenvalue weighted by Crippen LogP contribution is -2.40. The molecule has 1 aliphatic carbocycles. The van der Waals surface area contributed by atoms with Gasteiger partial charge >= 0.3 is 0 Å². The summed E-state index contributed by atoms with van der Waals surface area (Å²) < 4.78 is 5.20. The zero-order valence-corrected chi connectivity index (χ0v) is 10.9. The molecule has 1 fully saturated rings. The summed E-state index contributed by atoms with van der Waals surface area (Å²) >= 11 is 0. The Balaban J connectivity index is 1.90. The third-order valence-electron chi connectivity index (χ3n) is 3.07. The summed E-state index contributed by atoms with van der Waals surface area (Å²) in [5.74, 6) is 0.557. The van der Waals surface area contributed by atoms with Gasteiger partial charge in [0, 0.05) is 27.2 Å². The van der Waals surface area contributed by atoms with Gasteiger partial charge in [-0.05, 0) is 25.0 Å². The van der Waals surface area contributed by atoms with Crippen LogP contribution in [0.2, 0.25) is 0 Å². The first-order chi connectivity index (χ1) is 8.60. The van der Waals surface area contributed by atoms with Gasteiger partial charge in [0.05, 0.1) is 6.10 Å². The average Bonchev–Trinajstić information content (AvgIpc) is 2.33. The quantitative estimate of drug-likeness (QED) is 0.854. The summed E-state index contributed by atoms with van der Waals surface area (Å²) in [5.41, 5.74) is 0.355. The normalized spacial score (nSPS) is 22.2. The van der Waals surface area contributed by atoms with Crippen LogP contribution in [0.25, 0.3) is 0 Å². The molecule has 6 heteroatoms. The Hall–Kier alpha value is -1.69. The van der Waals surface area contributed by atoms with Gasteiger partial charge in [-0.2, -0.15) is 0 Å². The van der Waals surface area contributed by atoms with Gasteiger partial charge in [-0.3, -0.25) is 4.79 Å². The van der Waals surface area contributed by atoms with Crippen molar-refractivity contribution >= 4 is 11.7 Å².